The predicted octanol–water partition coefficient (Wildman–Crippen LogP) is 2.23. The van der Waals surface area contributed by atoms with Crippen molar-refractivity contribution in [1.82, 2.24) is 0 Å². The van der Waals surface area contributed by atoms with Gasteiger partial charge in [0.2, 0.25) is 0 Å². The molecule has 0 aliphatic rings. The van der Waals surface area contributed by atoms with E-state index in [0.29, 0.717) is 5.90 Å². The zero-order chi connectivity index (χ0) is 12.0. The first-order valence-corrected chi connectivity index (χ1v) is 4.90. The molecule has 1 rings (SSSR count). The fraction of sp³-hybridized carbons (Fsp3) is 0.333. The fourth-order valence-corrected chi connectivity index (χ4v) is 1.12. The van der Waals surface area contributed by atoms with E-state index in [1.54, 1.807) is 0 Å². The second-order valence-corrected chi connectivity index (χ2v) is 3.30. The molecule has 16 heavy (non-hydrogen) atoms. The van der Waals surface area contributed by atoms with Gasteiger partial charge in [0.05, 0.1) is 19.9 Å². The van der Waals surface area contributed by atoms with Crippen molar-refractivity contribution in [2.45, 2.75) is 13.3 Å². The highest BCUT2D eigenvalue weighted by molar-refractivity contribution is 5.95. The normalized spacial score (nSPS) is 11.1. The third-order valence-corrected chi connectivity index (χ3v) is 2.05. The van der Waals surface area contributed by atoms with E-state index in [-0.39, 0.29) is 12.4 Å². The zero-order valence-corrected chi connectivity index (χ0v) is 9.69. The number of benzene rings is 1. The molecule has 0 atom stereocenters. The average molecular weight is 221 g/mol. The number of carbonyl (C=O) groups is 1. The summed E-state index contributed by atoms with van der Waals surface area (Å²) in [5.74, 6) is -0.0246. The maximum Gasteiger partial charge on any atom is 0.314 e. The van der Waals surface area contributed by atoms with Gasteiger partial charge in [-0.15, -0.1) is 0 Å². The van der Waals surface area contributed by atoms with Crippen LogP contribution in [0.4, 0.5) is 5.69 Å². The van der Waals surface area contributed by atoms with Crippen LogP contribution in [-0.4, -0.2) is 26.1 Å². The Morgan fingerprint density at radius 1 is 1.19 bits per heavy atom. The van der Waals surface area contributed by atoms with Gasteiger partial charge in [-0.25, -0.2) is 4.99 Å². The van der Waals surface area contributed by atoms with Crippen LogP contribution in [0.25, 0.3) is 0 Å². The molecule has 0 aliphatic carbocycles. The molecule has 1 aromatic carbocycles. The Bertz CT molecular complexity index is 382. The molecule has 0 unspecified atom stereocenters. The van der Waals surface area contributed by atoms with Crippen LogP contribution >= 0.6 is 0 Å². The lowest BCUT2D eigenvalue weighted by Gasteiger charge is -2.03. The highest BCUT2D eigenvalue weighted by Gasteiger charge is 2.07. The SMILES string of the molecule is COC(=O)CC(=Nc1ccc(C)cc1)OC. The number of hydrogen-bond acceptors (Lipinski definition) is 4. The number of ether oxygens (including phenoxy) is 2. The van der Waals surface area contributed by atoms with Gasteiger partial charge in [-0.2, -0.15) is 0 Å². The Labute approximate surface area is 94.9 Å². The molecule has 0 amide bonds. The lowest BCUT2D eigenvalue weighted by Crippen LogP contribution is -2.10. The number of aryl methyl sites for hydroxylation is 1. The molecule has 1 aromatic rings. The molecular formula is C12H15NO3. The van der Waals surface area contributed by atoms with Crippen molar-refractivity contribution >= 4 is 17.6 Å². The van der Waals surface area contributed by atoms with Crippen molar-refractivity contribution in [2.24, 2.45) is 4.99 Å². The first kappa shape index (κ1) is 12.2. The summed E-state index contributed by atoms with van der Waals surface area (Å²) in [4.78, 5) is 15.2. The molecule has 0 N–H and O–H groups in total. The van der Waals surface area contributed by atoms with E-state index in [0.717, 1.165) is 11.3 Å². The fourth-order valence-electron chi connectivity index (χ4n) is 1.12. The van der Waals surface area contributed by atoms with Gasteiger partial charge in [-0.3, -0.25) is 4.79 Å². The Hall–Kier alpha value is -1.84. The zero-order valence-electron chi connectivity index (χ0n) is 9.69. The first-order valence-electron chi connectivity index (χ1n) is 4.90. The van der Waals surface area contributed by atoms with Crippen LogP contribution in [0.3, 0.4) is 0 Å². The second-order valence-electron chi connectivity index (χ2n) is 3.30. The van der Waals surface area contributed by atoms with Gasteiger partial charge in [0, 0.05) is 0 Å². The number of rotatable bonds is 3. The minimum atomic E-state index is -0.368. The van der Waals surface area contributed by atoms with Crippen molar-refractivity contribution in [2.75, 3.05) is 14.2 Å². The Balaban J connectivity index is 2.79. The molecule has 0 fully saturated rings. The Morgan fingerprint density at radius 3 is 2.31 bits per heavy atom. The lowest BCUT2D eigenvalue weighted by molar-refractivity contribution is -0.139. The molecule has 0 bridgehead atoms. The van der Waals surface area contributed by atoms with Crippen molar-refractivity contribution in [3.05, 3.63) is 29.8 Å². The molecule has 0 aromatic heterocycles. The van der Waals surface area contributed by atoms with Crippen LogP contribution in [0.2, 0.25) is 0 Å². The van der Waals surface area contributed by atoms with Gasteiger partial charge < -0.3 is 9.47 Å². The van der Waals surface area contributed by atoms with E-state index in [9.17, 15) is 4.79 Å². The van der Waals surface area contributed by atoms with Gasteiger partial charge in [0.1, 0.15) is 6.42 Å². The smallest absolute Gasteiger partial charge is 0.314 e. The lowest BCUT2D eigenvalue weighted by atomic mass is 10.2. The van der Waals surface area contributed by atoms with Crippen LogP contribution in [-0.2, 0) is 14.3 Å². The highest BCUT2D eigenvalue weighted by Crippen LogP contribution is 2.13. The van der Waals surface area contributed by atoms with Crippen LogP contribution in [0, 0.1) is 6.92 Å². The topological polar surface area (TPSA) is 47.9 Å². The summed E-state index contributed by atoms with van der Waals surface area (Å²) in [7, 11) is 2.82. The van der Waals surface area contributed by atoms with Gasteiger partial charge >= 0.3 is 5.97 Å². The van der Waals surface area contributed by atoms with E-state index >= 15 is 0 Å². The molecule has 0 spiro atoms. The van der Waals surface area contributed by atoms with Gasteiger partial charge in [0.25, 0.3) is 0 Å². The summed E-state index contributed by atoms with van der Waals surface area (Å²) in [6.07, 6.45) is 0.0425. The molecule has 0 heterocycles. The maximum absolute atomic E-state index is 11.0. The van der Waals surface area contributed by atoms with Crippen LogP contribution in [0.5, 0.6) is 0 Å². The molecular weight excluding hydrogens is 206 g/mol. The maximum atomic E-state index is 11.0. The third-order valence-electron chi connectivity index (χ3n) is 2.05. The number of methoxy groups -OCH3 is 2. The second kappa shape index (κ2) is 5.90. The van der Waals surface area contributed by atoms with E-state index in [2.05, 4.69) is 9.73 Å². The summed E-state index contributed by atoms with van der Waals surface area (Å²) >= 11 is 0. The first-order chi connectivity index (χ1) is 7.65. The molecule has 0 saturated carbocycles. The summed E-state index contributed by atoms with van der Waals surface area (Å²) in [6, 6.07) is 7.63. The largest absolute Gasteiger partial charge is 0.484 e. The number of esters is 1. The van der Waals surface area contributed by atoms with Crippen LogP contribution < -0.4 is 0 Å². The van der Waals surface area contributed by atoms with Crippen LogP contribution in [0.15, 0.2) is 29.3 Å². The summed E-state index contributed by atoms with van der Waals surface area (Å²) < 4.78 is 9.55. The number of hydrogen-bond donors (Lipinski definition) is 0. The minimum Gasteiger partial charge on any atom is -0.484 e. The predicted molar refractivity (Wildman–Crippen MR) is 61.9 cm³/mol. The molecule has 4 nitrogen and oxygen atoms in total. The summed E-state index contributed by atoms with van der Waals surface area (Å²) in [5, 5.41) is 0. The molecule has 86 valence electrons. The highest BCUT2D eigenvalue weighted by atomic mass is 16.5. The molecule has 0 saturated heterocycles. The van der Waals surface area contributed by atoms with Crippen molar-refractivity contribution in [1.29, 1.82) is 0 Å². The monoisotopic (exact) mass is 221 g/mol. The van der Waals surface area contributed by atoms with E-state index in [1.807, 2.05) is 31.2 Å². The van der Waals surface area contributed by atoms with Gasteiger partial charge in [-0.05, 0) is 19.1 Å². The van der Waals surface area contributed by atoms with Crippen molar-refractivity contribution in [3.63, 3.8) is 0 Å². The van der Waals surface area contributed by atoms with Crippen molar-refractivity contribution < 1.29 is 14.3 Å². The van der Waals surface area contributed by atoms with Gasteiger partial charge in [0.15, 0.2) is 5.90 Å². The summed E-state index contributed by atoms with van der Waals surface area (Å²) in [5.41, 5.74) is 1.91. The van der Waals surface area contributed by atoms with Gasteiger partial charge in [-0.1, -0.05) is 17.7 Å². The Morgan fingerprint density at radius 2 is 1.81 bits per heavy atom. The standard InChI is InChI=1S/C12H15NO3/c1-9-4-6-10(7-5-9)13-11(15-2)8-12(14)16-3/h4-7H,8H2,1-3H3. The number of nitrogens with zero attached hydrogens (tertiary/aromatic N) is 1. The average Bonchev–Trinajstić information content (AvgIpc) is 2.30. The van der Waals surface area contributed by atoms with E-state index in [1.165, 1.54) is 14.2 Å². The summed E-state index contributed by atoms with van der Waals surface area (Å²) in [6.45, 7) is 2.00. The van der Waals surface area contributed by atoms with E-state index in [4.69, 9.17) is 4.74 Å². The minimum absolute atomic E-state index is 0.0425. The molecule has 4 heteroatoms. The van der Waals surface area contributed by atoms with Crippen LogP contribution in [0.1, 0.15) is 12.0 Å². The quantitative estimate of drug-likeness (QED) is 0.446. The van der Waals surface area contributed by atoms with Crippen molar-refractivity contribution in [3.8, 4) is 0 Å². The third kappa shape index (κ3) is 3.73. The number of aliphatic imine (C=N–C) groups is 1. The Kier molecular flexibility index (Phi) is 4.51. The number of carbonyl (C=O) groups excluding carboxylic acids is 1. The molecule has 0 radical (unpaired) electrons. The molecule has 0 aliphatic heterocycles. The van der Waals surface area contributed by atoms with E-state index < -0.39 is 0 Å².